The van der Waals surface area contributed by atoms with Crippen LogP contribution in [-0.2, 0) is 0 Å². The Labute approximate surface area is 102 Å². The van der Waals surface area contributed by atoms with Gasteiger partial charge in [0, 0.05) is 0 Å². The number of nitrogens with zero attached hydrogens (tertiary/aromatic N) is 3. The Hall–Kier alpha value is -2.50. The fraction of sp³-hybridized carbons (Fsp3) is 0.0833. The lowest BCUT2D eigenvalue weighted by atomic mass is 10.2. The van der Waals surface area contributed by atoms with Crippen LogP contribution in [0.2, 0.25) is 0 Å². The zero-order chi connectivity index (χ0) is 12.5. The molecule has 1 N–H and O–H groups in total. The van der Waals surface area contributed by atoms with Crippen molar-refractivity contribution in [1.82, 2.24) is 19.9 Å². The van der Waals surface area contributed by atoms with Crippen LogP contribution in [-0.4, -0.2) is 27.0 Å². The Bertz CT molecular complexity index is 677. The van der Waals surface area contributed by atoms with Gasteiger partial charge in [-0.1, -0.05) is 6.07 Å². The van der Waals surface area contributed by atoms with E-state index in [4.69, 9.17) is 4.74 Å². The first kappa shape index (κ1) is 10.6. The number of imidazole rings is 1. The van der Waals surface area contributed by atoms with Crippen LogP contribution in [0.25, 0.3) is 22.6 Å². The van der Waals surface area contributed by atoms with Crippen molar-refractivity contribution in [2.45, 2.75) is 0 Å². The summed E-state index contributed by atoms with van der Waals surface area (Å²) in [6.07, 6.45) is 2.98. The number of rotatable bonds is 2. The van der Waals surface area contributed by atoms with Crippen molar-refractivity contribution < 1.29 is 9.13 Å². The van der Waals surface area contributed by atoms with Gasteiger partial charge < -0.3 is 9.72 Å². The minimum atomic E-state index is -0.402. The van der Waals surface area contributed by atoms with Gasteiger partial charge in [-0.2, -0.15) is 0 Å². The second-order valence-corrected chi connectivity index (χ2v) is 3.66. The number of hydrogen-bond acceptors (Lipinski definition) is 4. The molecule has 3 aromatic rings. The van der Waals surface area contributed by atoms with Crippen molar-refractivity contribution in [2.24, 2.45) is 0 Å². The highest BCUT2D eigenvalue weighted by Gasteiger charge is 2.15. The highest BCUT2D eigenvalue weighted by atomic mass is 19.1. The first-order valence-corrected chi connectivity index (χ1v) is 5.28. The molecule has 18 heavy (non-hydrogen) atoms. The van der Waals surface area contributed by atoms with Crippen molar-refractivity contribution in [3.63, 3.8) is 0 Å². The average Bonchev–Trinajstić information content (AvgIpc) is 2.81. The average molecular weight is 244 g/mol. The van der Waals surface area contributed by atoms with Crippen LogP contribution in [0.3, 0.4) is 0 Å². The molecule has 6 heteroatoms. The van der Waals surface area contributed by atoms with Crippen LogP contribution in [0.1, 0.15) is 0 Å². The number of halogens is 1. The number of benzene rings is 1. The lowest BCUT2D eigenvalue weighted by Crippen LogP contribution is -1.92. The molecule has 0 aliphatic carbocycles. The first-order valence-electron chi connectivity index (χ1n) is 5.28. The quantitative estimate of drug-likeness (QED) is 0.750. The van der Waals surface area contributed by atoms with Crippen molar-refractivity contribution in [3.05, 3.63) is 36.5 Å². The molecule has 0 unspecified atom stereocenters. The van der Waals surface area contributed by atoms with E-state index < -0.39 is 5.82 Å². The number of fused-ring (bicyclic) bond motifs is 1. The second kappa shape index (κ2) is 4.06. The molecule has 90 valence electrons. The molecule has 3 rings (SSSR count). The summed E-state index contributed by atoms with van der Waals surface area (Å²) in [5.74, 6) is 0.392. The Morgan fingerprint density at radius 3 is 3.00 bits per heavy atom. The largest absolute Gasteiger partial charge is 0.496 e. The standard InChI is InChI=1S/C12H9FN4O/c1-18-9-4-2-3-7(13)10(9)12-16-8-5-14-6-15-11(8)17-12/h2-6H,1H3,(H,14,15,16,17). The molecule has 0 aliphatic heterocycles. The maximum atomic E-state index is 13.9. The van der Waals surface area contributed by atoms with Crippen LogP contribution in [0, 0.1) is 5.82 Å². The van der Waals surface area contributed by atoms with E-state index in [0.29, 0.717) is 22.7 Å². The van der Waals surface area contributed by atoms with Gasteiger partial charge >= 0.3 is 0 Å². The van der Waals surface area contributed by atoms with E-state index in [2.05, 4.69) is 19.9 Å². The summed E-state index contributed by atoms with van der Waals surface area (Å²) in [6.45, 7) is 0. The number of aromatic nitrogens is 4. The zero-order valence-electron chi connectivity index (χ0n) is 9.51. The molecule has 2 heterocycles. The van der Waals surface area contributed by atoms with Gasteiger partial charge in [0.1, 0.15) is 29.2 Å². The molecule has 2 aromatic heterocycles. The van der Waals surface area contributed by atoms with Crippen LogP contribution < -0.4 is 4.74 Å². The van der Waals surface area contributed by atoms with Gasteiger partial charge in [-0.15, -0.1) is 0 Å². The fourth-order valence-corrected chi connectivity index (χ4v) is 1.78. The van der Waals surface area contributed by atoms with E-state index in [1.165, 1.54) is 19.5 Å². The van der Waals surface area contributed by atoms with E-state index in [1.807, 2.05) is 0 Å². The van der Waals surface area contributed by atoms with Crippen molar-refractivity contribution in [3.8, 4) is 17.1 Å². The lowest BCUT2D eigenvalue weighted by molar-refractivity contribution is 0.413. The third kappa shape index (κ3) is 1.58. The third-order valence-electron chi connectivity index (χ3n) is 2.59. The van der Waals surface area contributed by atoms with Crippen LogP contribution in [0.5, 0.6) is 5.75 Å². The zero-order valence-corrected chi connectivity index (χ0v) is 9.51. The van der Waals surface area contributed by atoms with Gasteiger partial charge in [-0.3, -0.25) is 0 Å². The van der Waals surface area contributed by atoms with E-state index in [1.54, 1.807) is 18.3 Å². The Morgan fingerprint density at radius 1 is 1.33 bits per heavy atom. The molecule has 0 saturated carbocycles. The van der Waals surface area contributed by atoms with E-state index in [-0.39, 0.29) is 5.56 Å². The molecule has 0 radical (unpaired) electrons. The SMILES string of the molecule is COc1cccc(F)c1-c1nc2ncncc2[nH]1. The summed E-state index contributed by atoms with van der Waals surface area (Å²) in [7, 11) is 1.49. The summed E-state index contributed by atoms with van der Waals surface area (Å²) >= 11 is 0. The topological polar surface area (TPSA) is 63.7 Å². The molecule has 0 saturated heterocycles. The lowest BCUT2D eigenvalue weighted by Gasteiger charge is -2.06. The molecule has 0 amide bonds. The predicted octanol–water partition coefficient (Wildman–Crippen LogP) is 2.17. The fourth-order valence-electron chi connectivity index (χ4n) is 1.78. The van der Waals surface area contributed by atoms with Crippen molar-refractivity contribution in [1.29, 1.82) is 0 Å². The Morgan fingerprint density at radius 2 is 2.22 bits per heavy atom. The summed E-state index contributed by atoms with van der Waals surface area (Å²) < 4.78 is 19.0. The highest BCUT2D eigenvalue weighted by Crippen LogP contribution is 2.31. The van der Waals surface area contributed by atoms with Gasteiger partial charge in [0.2, 0.25) is 0 Å². The van der Waals surface area contributed by atoms with Gasteiger partial charge in [-0.05, 0) is 12.1 Å². The highest BCUT2D eigenvalue weighted by molar-refractivity contribution is 5.77. The van der Waals surface area contributed by atoms with Crippen LogP contribution in [0.15, 0.2) is 30.7 Å². The molecule has 5 nitrogen and oxygen atoms in total. The summed E-state index contributed by atoms with van der Waals surface area (Å²) in [5, 5.41) is 0. The van der Waals surface area contributed by atoms with E-state index in [0.717, 1.165) is 0 Å². The summed E-state index contributed by atoms with van der Waals surface area (Å²) in [6, 6.07) is 4.62. The number of ether oxygens (including phenoxy) is 1. The minimum absolute atomic E-state index is 0.290. The first-order chi connectivity index (χ1) is 8.79. The van der Waals surface area contributed by atoms with E-state index in [9.17, 15) is 4.39 Å². The van der Waals surface area contributed by atoms with Crippen LogP contribution in [0.4, 0.5) is 4.39 Å². The molecular formula is C12H9FN4O. The number of methoxy groups -OCH3 is 1. The van der Waals surface area contributed by atoms with Gasteiger partial charge in [0.05, 0.1) is 18.9 Å². The molecule has 0 bridgehead atoms. The van der Waals surface area contributed by atoms with Gasteiger partial charge in [-0.25, -0.2) is 19.3 Å². The summed E-state index contributed by atoms with van der Waals surface area (Å²) in [4.78, 5) is 15.1. The molecular weight excluding hydrogens is 235 g/mol. The Balaban J connectivity index is 2.25. The number of aromatic amines is 1. The number of nitrogens with one attached hydrogen (secondary N) is 1. The van der Waals surface area contributed by atoms with Crippen LogP contribution >= 0.6 is 0 Å². The van der Waals surface area contributed by atoms with Gasteiger partial charge in [0.15, 0.2) is 5.65 Å². The molecule has 0 fully saturated rings. The molecule has 0 atom stereocenters. The second-order valence-electron chi connectivity index (χ2n) is 3.66. The maximum Gasteiger partial charge on any atom is 0.181 e. The predicted molar refractivity (Wildman–Crippen MR) is 63.6 cm³/mol. The monoisotopic (exact) mass is 244 g/mol. The van der Waals surface area contributed by atoms with Crippen molar-refractivity contribution >= 4 is 11.2 Å². The number of hydrogen-bond donors (Lipinski definition) is 1. The number of H-pyrrole nitrogens is 1. The Kier molecular flexibility index (Phi) is 2.40. The smallest absolute Gasteiger partial charge is 0.181 e. The third-order valence-corrected chi connectivity index (χ3v) is 2.59. The summed E-state index contributed by atoms with van der Waals surface area (Å²) in [5.41, 5.74) is 1.43. The normalized spacial score (nSPS) is 10.8. The molecule has 1 aromatic carbocycles. The molecule has 0 aliphatic rings. The van der Waals surface area contributed by atoms with Crippen molar-refractivity contribution in [2.75, 3.05) is 7.11 Å². The molecule has 0 spiro atoms. The van der Waals surface area contributed by atoms with E-state index >= 15 is 0 Å². The maximum absolute atomic E-state index is 13.9. The minimum Gasteiger partial charge on any atom is -0.496 e. The van der Waals surface area contributed by atoms with Gasteiger partial charge in [0.25, 0.3) is 0 Å².